The smallest absolute Gasteiger partial charge is 0.410 e. The topological polar surface area (TPSA) is 62.2 Å². The van der Waals surface area contributed by atoms with E-state index in [9.17, 15) is 14.3 Å². The van der Waals surface area contributed by atoms with E-state index in [1.807, 2.05) is 43.9 Å². The van der Waals surface area contributed by atoms with Gasteiger partial charge >= 0.3 is 6.09 Å². The second kappa shape index (κ2) is 8.68. The molecule has 0 radical (unpaired) electrons. The van der Waals surface area contributed by atoms with Gasteiger partial charge in [0.15, 0.2) is 0 Å². The lowest BCUT2D eigenvalue weighted by Crippen LogP contribution is -2.55. The second-order valence-corrected chi connectivity index (χ2v) is 7.51. The Morgan fingerprint density at radius 2 is 2.08 bits per heavy atom. The van der Waals surface area contributed by atoms with Crippen molar-refractivity contribution < 1.29 is 23.8 Å². The van der Waals surface area contributed by atoms with Gasteiger partial charge in [0.25, 0.3) is 0 Å². The van der Waals surface area contributed by atoms with Gasteiger partial charge in [-0.05, 0) is 32.4 Å². The largest absolute Gasteiger partial charge is 0.496 e. The molecule has 1 saturated heterocycles. The Morgan fingerprint density at radius 3 is 2.65 bits per heavy atom. The number of ether oxygens (including phenoxy) is 2. The van der Waals surface area contributed by atoms with Gasteiger partial charge in [-0.1, -0.05) is 12.1 Å². The fourth-order valence-corrected chi connectivity index (χ4v) is 2.99. The first-order valence-electron chi connectivity index (χ1n) is 8.82. The van der Waals surface area contributed by atoms with Gasteiger partial charge in [-0.25, -0.2) is 9.18 Å². The van der Waals surface area contributed by atoms with Crippen molar-refractivity contribution in [3.63, 3.8) is 0 Å². The molecule has 1 N–H and O–H groups in total. The predicted octanol–water partition coefficient (Wildman–Crippen LogP) is 2.58. The summed E-state index contributed by atoms with van der Waals surface area (Å²) in [6.07, 6.45) is -0.399. The highest BCUT2D eigenvalue weighted by Gasteiger charge is 2.32. The van der Waals surface area contributed by atoms with Crippen LogP contribution < -0.4 is 4.74 Å². The second-order valence-electron chi connectivity index (χ2n) is 7.51. The third-order valence-corrected chi connectivity index (χ3v) is 4.34. The molecule has 6 nitrogen and oxygen atoms in total. The van der Waals surface area contributed by atoms with Crippen LogP contribution in [0.4, 0.5) is 9.18 Å². The summed E-state index contributed by atoms with van der Waals surface area (Å²) in [4.78, 5) is 15.8. The van der Waals surface area contributed by atoms with E-state index in [0.29, 0.717) is 37.5 Å². The standard InChI is InChI=1S/C19H29FN2O4/c1-19(2,3)26-18(24)22-8-7-21(16(10-20)12-22)11-14-5-6-15(13-23)17(9-14)25-4/h5-6,9,16,23H,7-8,10-13H2,1-4H3/t16-/m1/s1. The lowest BCUT2D eigenvalue weighted by atomic mass is 10.1. The van der Waals surface area contributed by atoms with Crippen LogP contribution in [-0.2, 0) is 17.9 Å². The first kappa shape index (κ1) is 20.5. The van der Waals surface area contributed by atoms with Crippen molar-refractivity contribution in [2.45, 2.75) is 45.6 Å². The van der Waals surface area contributed by atoms with E-state index in [4.69, 9.17) is 9.47 Å². The maximum atomic E-state index is 13.6. The quantitative estimate of drug-likeness (QED) is 0.866. The molecule has 0 aromatic heterocycles. The number of alkyl halides is 1. The van der Waals surface area contributed by atoms with Crippen LogP contribution >= 0.6 is 0 Å². The molecule has 0 spiro atoms. The SMILES string of the molecule is COc1cc(CN2CCN(C(=O)OC(C)(C)C)C[C@H]2CF)ccc1CO. The number of amides is 1. The van der Waals surface area contributed by atoms with Gasteiger partial charge in [-0.15, -0.1) is 0 Å². The number of halogens is 1. The Hall–Kier alpha value is -1.86. The number of methoxy groups -OCH3 is 1. The van der Waals surface area contributed by atoms with Crippen molar-refractivity contribution >= 4 is 6.09 Å². The minimum atomic E-state index is -0.565. The molecular formula is C19H29FN2O4. The summed E-state index contributed by atoms with van der Waals surface area (Å²) in [5.74, 6) is 0.620. The van der Waals surface area contributed by atoms with E-state index < -0.39 is 18.4 Å². The highest BCUT2D eigenvalue weighted by Crippen LogP contribution is 2.23. The summed E-state index contributed by atoms with van der Waals surface area (Å²) in [6.45, 7) is 6.74. The molecule has 1 aliphatic rings. The Kier molecular flexibility index (Phi) is 6.83. The molecule has 1 atom stereocenters. The predicted molar refractivity (Wildman–Crippen MR) is 96.9 cm³/mol. The van der Waals surface area contributed by atoms with Crippen molar-refractivity contribution in [3.8, 4) is 5.75 Å². The molecule has 2 rings (SSSR count). The molecule has 1 heterocycles. The molecular weight excluding hydrogens is 339 g/mol. The Balaban J connectivity index is 2.02. The van der Waals surface area contributed by atoms with Gasteiger partial charge < -0.3 is 19.5 Å². The molecule has 146 valence electrons. The van der Waals surface area contributed by atoms with Crippen LogP contribution in [0.15, 0.2) is 18.2 Å². The fourth-order valence-electron chi connectivity index (χ4n) is 2.99. The number of rotatable bonds is 5. The van der Waals surface area contributed by atoms with Crippen molar-refractivity contribution in [3.05, 3.63) is 29.3 Å². The normalized spacial score (nSPS) is 18.7. The number of aliphatic hydroxyl groups excluding tert-OH is 1. The first-order valence-corrected chi connectivity index (χ1v) is 8.82. The van der Waals surface area contributed by atoms with Crippen molar-refractivity contribution in [1.82, 2.24) is 9.80 Å². The summed E-state index contributed by atoms with van der Waals surface area (Å²) in [6, 6.07) is 5.21. The summed E-state index contributed by atoms with van der Waals surface area (Å²) < 4.78 is 24.3. The summed E-state index contributed by atoms with van der Waals surface area (Å²) in [5, 5.41) is 9.31. The lowest BCUT2D eigenvalue weighted by molar-refractivity contribution is -0.000714. The highest BCUT2D eigenvalue weighted by molar-refractivity contribution is 5.68. The summed E-state index contributed by atoms with van der Waals surface area (Å²) in [7, 11) is 1.56. The van der Waals surface area contributed by atoms with E-state index in [0.717, 1.165) is 5.56 Å². The number of piperazine rings is 1. The average molecular weight is 368 g/mol. The van der Waals surface area contributed by atoms with Crippen LogP contribution in [0, 0.1) is 0 Å². The molecule has 0 aliphatic carbocycles. The third kappa shape index (κ3) is 5.32. The Bertz CT molecular complexity index is 618. The molecule has 1 aromatic carbocycles. The number of carbonyl (C=O) groups is 1. The van der Waals surface area contributed by atoms with E-state index in [2.05, 4.69) is 0 Å². The van der Waals surface area contributed by atoms with Gasteiger partial charge in [0.05, 0.1) is 19.8 Å². The fraction of sp³-hybridized carbons (Fsp3) is 0.632. The molecule has 0 bridgehead atoms. The molecule has 7 heteroatoms. The molecule has 1 fully saturated rings. The molecule has 0 unspecified atom stereocenters. The van der Waals surface area contributed by atoms with Crippen LogP contribution in [0.5, 0.6) is 5.75 Å². The van der Waals surface area contributed by atoms with Gasteiger partial charge in [0.1, 0.15) is 18.0 Å². The van der Waals surface area contributed by atoms with Crippen LogP contribution in [0.3, 0.4) is 0 Å². The van der Waals surface area contributed by atoms with Crippen molar-refractivity contribution in [1.29, 1.82) is 0 Å². The molecule has 1 aliphatic heterocycles. The van der Waals surface area contributed by atoms with Crippen molar-refractivity contribution in [2.75, 3.05) is 33.4 Å². The van der Waals surface area contributed by atoms with Crippen LogP contribution in [0.2, 0.25) is 0 Å². The van der Waals surface area contributed by atoms with Gasteiger partial charge in [-0.3, -0.25) is 4.90 Å². The maximum Gasteiger partial charge on any atom is 0.410 e. The van der Waals surface area contributed by atoms with Gasteiger partial charge in [0, 0.05) is 31.7 Å². The molecule has 1 amide bonds. The molecule has 1 aromatic rings. The number of nitrogens with zero attached hydrogens (tertiary/aromatic N) is 2. The van der Waals surface area contributed by atoms with E-state index in [1.165, 1.54) is 0 Å². The van der Waals surface area contributed by atoms with Crippen LogP contribution in [0.1, 0.15) is 31.9 Å². The number of carbonyl (C=O) groups excluding carboxylic acids is 1. The minimum absolute atomic E-state index is 0.0921. The number of hydrogen-bond donors (Lipinski definition) is 1. The van der Waals surface area contributed by atoms with Gasteiger partial charge in [-0.2, -0.15) is 0 Å². The third-order valence-electron chi connectivity index (χ3n) is 4.34. The van der Waals surface area contributed by atoms with E-state index >= 15 is 0 Å². The monoisotopic (exact) mass is 368 g/mol. The minimum Gasteiger partial charge on any atom is -0.496 e. The number of benzene rings is 1. The Labute approximate surface area is 154 Å². The zero-order chi connectivity index (χ0) is 19.3. The van der Waals surface area contributed by atoms with E-state index in [-0.39, 0.29) is 12.6 Å². The Morgan fingerprint density at radius 1 is 1.35 bits per heavy atom. The van der Waals surface area contributed by atoms with Gasteiger partial charge in [0.2, 0.25) is 0 Å². The van der Waals surface area contributed by atoms with Crippen LogP contribution in [-0.4, -0.2) is 66.1 Å². The number of aliphatic hydroxyl groups is 1. The molecule has 0 saturated carbocycles. The van der Waals surface area contributed by atoms with E-state index in [1.54, 1.807) is 12.0 Å². The highest BCUT2D eigenvalue weighted by atomic mass is 19.1. The molecule has 26 heavy (non-hydrogen) atoms. The lowest BCUT2D eigenvalue weighted by Gasteiger charge is -2.40. The zero-order valence-corrected chi connectivity index (χ0v) is 16.0. The summed E-state index contributed by atoms with van der Waals surface area (Å²) >= 11 is 0. The van der Waals surface area contributed by atoms with Crippen molar-refractivity contribution in [2.24, 2.45) is 0 Å². The maximum absolute atomic E-state index is 13.6. The van der Waals surface area contributed by atoms with Crippen LogP contribution in [0.25, 0.3) is 0 Å². The number of hydrogen-bond acceptors (Lipinski definition) is 5. The first-order chi connectivity index (χ1) is 12.3. The average Bonchev–Trinajstić information content (AvgIpc) is 2.60. The summed E-state index contributed by atoms with van der Waals surface area (Å²) in [5.41, 5.74) is 1.13. The zero-order valence-electron chi connectivity index (χ0n) is 16.0.